The highest BCUT2D eigenvalue weighted by Crippen LogP contribution is 2.44. The molecule has 148 valence electrons. The number of hydrogen-bond donors (Lipinski definition) is 0. The van der Waals surface area contributed by atoms with Crippen LogP contribution in [0.5, 0.6) is 0 Å². The van der Waals surface area contributed by atoms with Gasteiger partial charge in [-0.25, -0.2) is 4.39 Å². The molecule has 4 aromatic carbocycles. The summed E-state index contributed by atoms with van der Waals surface area (Å²) in [6.45, 7) is 2.51. The predicted molar refractivity (Wildman–Crippen MR) is 119 cm³/mol. The van der Waals surface area contributed by atoms with Gasteiger partial charge in [0.15, 0.2) is 0 Å². The van der Waals surface area contributed by atoms with Crippen molar-refractivity contribution in [3.8, 4) is 0 Å². The van der Waals surface area contributed by atoms with Gasteiger partial charge in [-0.05, 0) is 52.6 Å². The average Bonchev–Trinajstić information content (AvgIpc) is 2.77. The van der Waals surface area contributed by atoms with Crippen LogP contribution >= 0.6 is 0 Å². The van der Waals surface area contributed by atoms with Gasteiger partial charge < -0.3 is 4.90 Å². The maximum absolute atomic E-state index is 13.3. The molecular weight excluding hydrogens is 373 g/mol. The lowest BCUT2D eigenvalue weighted by Gasteiger charge is -2.35. The topological polar surface area (TPSA) is 20.3 Å². The van der Waals surface area contributed by atoms with Crippen LogP contribution in [-0.4, -0.2) is 5.91 Å². The Balaban J connectivity index is 1.66. The van der Waals surface area contributed by atoms with Gasteiger partial charge in [0.25, 0.3) is 0 Å². The monoisotopic (exact) mass is 395 g/mol. The van der Waals surface area contributed by atoms with E-state index in [2.05, 4.69) is 61.5 Å². The minimum Gasteiger partial charge on any atom is -0.308 e. The van der Waals surface area contributed by atoms with Gasteiger partial charge in [0.2, 0.25) is 5.91 Å². The Morgan fingerprint density at radius 1 is 0.900 bits per heavy atom. The first kappa shape index (κ1) is 18.6. The van der Waals surface area contributed by atoms with Crippen LogP contribution in [0, 0.1) is 12.7 Å². The first-order valence-electron chi connectivity index (χ1n) is 10.2. The summed E-state index contributed by atoms with van der Waals surface area (Å²) in [5.41, 5.74) is 5.42. The van der Waals surface area contributed by atoms with Crippen LogP contribution in [0.25, 0.3) is 10.8 Å². The molecule has 1 amide bonds. The van der Waals surface area contributed by atoms with Crippen molar-refractivity contribution in [3.63, 3.8) is 0 Å². The number of fused-ring (bicyclic) bond motifs is 3. The van der Waals surface area contributed by atoms with Crippen molar-refractivity contribution < 1.29 is 9.18 Å². The Morgan fingerprint density at radius 3 is 2.40 bits per heavy atom. The highest BCUT2D eigenvalue weighted by Gasteiger charge is 2.33. The van der Waals surface area contributed by atoms with Crippen LogP contribution in [0.15, 0.2) is 84.9 Å². The van der Waals surface area contributed by atoms with E-state index in [-0.39, 0.29) is 17.6 Å². The standard InChI is InChI=1S/C27H22FNO/c1-18-6-10-21(11-7-18)24-16-26(30)29(17-19-8-13-22(28)14-9-19)25-15-12-20-4-2-3-5-23(20)27(24)25/h2-15,24H,16-17H2,1H3. The zero-order valence-corrected chi connectivity index (χ0v) is 16.8. The molecule has 0 fully saturated rings. The number of carbonyl (C=O) groups is 1. The number of rotatable bonds is 3. The lowest BCUT2D eigenvalue weighted by Crippen LogP contribution is -2.36. The molecule has 1 unspecified atom stereocenters. The maximum atomic E-state index is 13.3. The summed E-state index contributed by atoms with van der Waals surface area (Å²) in [6.07, 6.45) is 0.422. The summed E-state index contributed by atoms with van der Waals surface area (Å²) >= 11 is 0. The quantitative estimate of drug-likeness (QED) is 0.395. The molecule has 1 aliphatic heterocycles. The molecule has 0 aliphatic carbocycles. The molecule has 0 aromatic heterocycles. The molecule has 1 heterocycles. The summed E-state index contributed by atoms with van der Waals surface area (Å²) in [6, 6.07) is 27.3. The molecule has 1 aliphatic rings. The Kier molecular flexibility index (Phi) is 4.59. The van der Waals surface area contributed by atoms with Crippen molar-refractivity contribution in [3.05, 3.63) is 113 Å². The zero-order chi connectivity index (χ0) is 20.7. The largest absolute Gasteiger partial charge is 0.308 e. The van der Waals surface area contributed by atoms with E-state index in [9.17, 15) is 9.18 Å². The minimum atomic E-state index is -0.269. The Bertz CT molecular complexity index is 1230. The van der Waals surface area contributed by atoms with Crippen molar-refractivity contribution in [1.29, 1.82) is 0 Å². The fourth-order valence-electron chi connectivity index (χ4n) is 4.44. The van der Waals surface area contributed by atoms with Crippen molar-refractivity contribution in [2.45, 2.75) is 25.8 Å². The number of benzene rings is 4. The molecule has 0 radical (unpaired) electrons. The van der Waals surface area contributed by atoms with Crippen molar-refractivity contribution in [2.24, 2.45) is 0 Å². The van der Waals surface area contributed by atoms with Gasteiger partial charge in [-0.3, -0.25) is 4.79 Å². The van der Waals surface area contributed by atoms with Gasteiger partial charge in [-0.15, -0.1) is 0 Å². The van der Waals surface area contributed by atoms with Gasteiger partial charge in [0.05, 0.1) is 6.54 Å². The maximum Gasteiger partial charge on any atom is 0.228 e. The lowest BCUT2D eigenvalue weighted by atomic mass is 9.81. The highest BCUT2D eigenvalue weighted by molar-refractivity contribution is 6.03. The second-order valence-electron chi connectivity index (χ2n) is 7.99. The van der Waals surface area contributed by atoms with E-state index >= 15 is 0 Å². The van der Waals surface area contributed by atoms with Crippen molar-refractivity contribution >= 4 is 22.4 Å². The van der Waals surface area contributed by atoms with Crippen LogP contribution in [0.2, 0.25) is 0 Å². The highest BCUT2D eigenvalue weighted by atomic mass is 19.1. The third-order valence-corrected chi connectivity index (χ3v) is 6.00. The van der Waals surface area contributed by atoms with Gasteiger partial charge in [-0.2, -0.15) is 0 Å². The second kappa shape index (κ2) is 7.42. The average molecular weight is 395 g/mol. The molecule has 5 rings (SSSR count). The van der Waals surface area contributed by atoms with Crippen molar-refractivity contribution in [2.75, 3.05) is 4.90 Å². The van der Waals surface area contributed by atoms with Crippen molar-refractivity contribution in [1.82, 2.24) is 0 Å². The van der Waals surface area contributed by atoms with E-state index in [4.69, 9.17) is 0 Å². The predicted octanol–water partition coefficient (Wildman–Crippen LogP) is 6.36. The van der Waals surface area contributed by atoms with Crippen LogP contribution in [0.1, 0.15) is 34.6 Å². The van der Waals surface area contributed by atoms with E-state index in [0.717, 1.165) is 16.8 Å². The number of amides is 1. The third-order valence-electron chi connectivity index (χ3n) is 6.00. The number of anilines is 1. The molecule has 0 bridgehead atoms. The fourth-order valence-corrected chi connectivity index (χ4v) is 4.44. The van der Waals surface area contributed by atoms with Gasteiger partial charge in [0, 0.05) is 18.0 Å². The van der Waals surface area contributed by atoms with Crippen LogP contribution in [0.4, 0.5) is 10.1 Å². The summed E-state index contributed by atoms with van der Waals surface area (Å²) in [5, 5.41) is 2.35. The Hall–Kier alpha value is -3.46. The first-order valence-corrected chi connectivity index (χ1v) is 10.2. The molecule has 30 heavy (non-hydrogen) atoms. The van der Waals surface area contributed by atoms with E-state index in [1.807, 2.05) is 11.0 Å². The molecule has 2 nitrogen and oxygen atoms in total. The Morgan fingerprint density at radius 2 is 1.63 bits per heavy atom. The second-order valence-corrected chi connectivity index (χ2v) is 7.99. The molecule has 3 heteroatoms. The molecule has 0 saturated heterocycles. The molecule has 1 atom stereocenters. The van der Waals surface area contributed by atoms with E-state index in [1.165, 1.54) is 34.0 Å². The fraction of sp³-hybridized carbons (Fsp3) is 0.148. The zero-order valence-electron chi connectivity index (χ0n) is 16.8. The molecule has 0 saturated carbocycles. The first-order chi connectivity index (χ1) is 14.6. The minimum absolute atomic E-state index is 0.0173. The van der Waals surface area contributed by atoms with Gasteiger partial charge >= 0.3 is 0 Å². The van der Waals surface area contributed by atoms with Crippen LogP contribution in [0.3, 0.4) is 0 Å². The molecule has 0 N–H and O–H groups in total. The number of aryl methyl sites for hydroxylation is 1. The van der Waals surface area contributed by atoms with E-state index in [0.29, 0.717) is 13.0 Å². The summed E-state index contributed by atoms with van der Waals surface area (Å²) in [5.74, 6) is -0.161. The summed E-state index contributed by atoms with van der Waals surface area (Å²) < 4.78 is 13.3. The van der Waals surface area contributed by atoms with E-state index in [1.54, 1.807) is 12.1 Å². The SMILES string of the molecule is Cc1ccc(C2CC(=O)N(Cc3ccc(F)cc3)c3ccc4ccccc4c32)cc1. The Labute approximate surface area is 175 Å². The van der Waals surface area contributed by atoms with Crippen LogP contribution in [-0.2, 0) is 11.3 Å². The lowest BCUT2D eigenvalue weighted by molar-refractivity contribution is -0.119. The van der Waals surface area contributed by atoms with Gasteiger partial charge in [-0.1, -0.05) is 72.3 Å². The number of hydrogen-bond acceptors (Lipinski definition) is 1. The van der Waals surface area contributed by atoms with E-state index < -0.39 is 0 Å². The van der Waals surface area contributed by atoms with Crippen LogP contribution < -0.4 is 4.90 Å². The molecule has 4 aromatic rings. The normalized spacial score (nSPS) is 16.0. The number of halogens is 1. The summed E-state index contributed by atoms with van der Waals surface area (Å²) in [4.78, 5) is 15.1. The molecule has 0 spiro atoms. The third kappa shape index (κ3) is 3.26. The van der Waals surface area contributed by atoms with Gasteiger partial charge in [0.1, 0.15) is 5.82 Å². The molecular formula is C27H22FNO. The number of carbonyl (C=O) groups excluding carboxylic acids is 1. The smallest absolute Gasteiger partial charge is 0.228 e. The number of nitrogens with zero attached hydrogens (tertiary/aromatic N) is 1. The summed E-state index contributed by atoms with van der Waals surface area (Å²) in [7, 11) is 0.